The lowest BCUT2D eigenvalue weighted by atomic mass is 9.94. The molecule has 0 N–H and O–H groups in total. The minimum Gasteiger partial charge on any atom is -0.465 e. The number of aryl methyl sites for hydroxylation is 1. The summed E-state index contributed by atoms with van der Waals surface area (Å²) in [5.74, 6) is -0.279. The van der Waals surface area contributed by atoms with Crippen molar-refractivity contribution in [2.75, 3.05) is 13.7 Å². The number of hydrogen-bond acceptors (Lipinski definition) is 5. The van der Waals surface area contributed by atoms with E-state index in [-0.39, 0.29) is 15.8 Å². The van der Waals surface area contributed by atoms with Crippen molar-refractivity contribution in [3.8, 4) is 0 Å². The van der Waals surface area contributed by atoms with E-state index in [9.17, 15) is 13.2 Å². The molecule has 2 unspecified atom stereocenters. The van der Waals surface area contributed by atoms with Gasteiger partial charge in [-0.05, 0) is 43.6 Å². The lowest BCUT2D eigenvalue weighted by molar-refractivity contribution is 0.0602. The number of methoxy groups -OCH3 is 1. The summed E-state index contributed by atoms with van der Waals surface area (Å²) in [6.45, 7) is 6.21. The van der Waals surface area contributed by atoms with Crippen molar-refractivity contribution in [3.05, 3.63) is 15.8 Å². The number of ether oxygens (including phenoxy) is 1. The second-order valence-electron chi connectivity index (χ2n) is 5.54. The van der Waals surface area contributed by atoms with E-state index in [1.54, 1.807) is 12.3 Å². The highest BCUT2D eigenvalue weighted by molar-refractivity contribution is 7.89. The standard InChI is InChI=1S/C14H21NO4S2/c1-9-6-5-7-15(11(9)3)21(17,18)13-10(2)8-20-12(13)14(16)19-4/h8-9,11H,5-7H2,1-4H3. The zero-order valence-corrected chi connectivity index (χ0v) is 14.4. The third kappa shape index (κ3) is 2.86. The van der Waals surface area contributed by atoms with Gasteiger partial charge in [0.25, 0.3) is 0 Å². The van der Waals surface area contributed by atoms with E-state index in [1.807, 2.05) is 6.92 Å². The summed E-state index contributed by atoms with van der Waals surface area (Å²) in [7, 11) is -2.41. The van der Waals surface area contributed by atoms with Crippen molar-refractivity contribution < 1.29 is 17.9 Å². The van der Waals surface area contributed by atoms with Crippen LogP contribution in [0.4, 0.5) is 0 Å². The molecule has 0 aromatic carbocycles. The number of piperidine rings is 1. The maximum atomic E-state index is 13.0. The normalized spacial score (nSPS) is 24.0. The third-order valence-electron chi connectivity index (χ3n) is 4.17. The number of carbonyl (C=O) groups excluding carboxylic acids is 1. The largest absolute Gasteiger partial charge is 0.465 e. The average molecular weight is 331 g/mol. The predicted octanol–water partition coefficient (Wildman–Crippen LogP) is 2.65. The Morgan fingerprint density at radius 3 is 2.71 bits per heavy atom. The van der Waals surface area contributed by atoms with Crippen molar-refractivity contribution in [3.63, 3.8) is 0 Å². The number of thiophene rings is 1. The molecule has 1 aromatic heterocycles. The average Bonchev–Trinajstić information content (AvgIpc) is 2.83. The first-order valence-electron chi connectivity index (χ1n) is 6.99. The van der Waals surface area contributed by atoms with Crippen LogP contribution in [-0.4, -0.2) is 38.4 Å². The van der Waals surface area contributed by atoms with Crippen LogP contribution in [0.2, 0.25) is 0 Å². The van der Waals surface area contributed by atoms with Gasteiger partial charge >= 0.3 is 5.97 Å². The van der Waals surface area contributed by atoms with Crippen molar-refractivity contribution in [1.29, 1.82) is 0 Å². The Labute approximate surface area is 130 Å². The molecule has 0 radical (unpaired) electrons. The zero-order valence-electron chi connectivity index (χ0n) is 12.8. The van der Waals surface area contributed by atoms with Crippen LogP contribution >= 0.6 is 11.3 Å². The molecule has 0 spiro atoms. The highest BCUT2D eigenvalue weighted by Crippen LogP contribution is 2.34. The number of rotatable bonds is 3. The van der Waals surface area contributed by atoms with Gasteiger partial charge in [-0.3, -0.25) is 0 Å². The number of nitrogens with zero attached hydrogens (tertiary/aromatic N) is 1. The highest BCUT2D eigenvalue weighted by atomic mass is 32.2. The summed E-state index contributed by atoms with van der Waals surface area (Å²) in [6.07, 6.45) is 1.88. The first-order valence-corrected chi connectivity index (χ1v) is 9.31. The molecule has 2 rings (SSSR count). The summed E-state index contributed by atoms with van der Waals surface area (Å²) < 4.78 is 32.2. The number of esters is 1. The Morgan fingerprint density at radius 2 is 2.10 bits per heavy atom. The quantitative estimate of drug-likeness (QED) is 0.799. The molecule has 0 aliphatic carbocycles. The molecule has 1 fully saturated rings. The number of sulfonamides is 1. The first-order chi connectivity index (χ1) is 9.80. The van der Waals surface area contributed by atoms with Crippen molar-refractivity contribution in [2.24, 2.45) is 5.92 Å². The molecule has 1 aliphatic heterocycles. The Hall–Kier alpha value is -0.920. The molecule has 0 bridgehead atoms. The SMILES string of the molecule is COC(=O)c1scc(C)c1S(=O)(=O)N1CCCC(C)C1C. The van der Waals surface area contributed by atoms with Gasteiger partial charge in [-0.15, -0.1) is 11.3 Å². The molecule has 2 atom stereocenters. The van der Waals surface area contributed by atoms with Crippen molar-refractivity contribution in [1.82, 2.24) is 4.31 Å². The molecule has 2 heterocycles. The molecule has 21 heavy (non-hydrogen) atoms. The van der Waals surface area contributed by atoms with Gasteiger partial charge < -0.3 is 4.74 Å². The molecule has 118 valence electrons. The monoisotopic (exact) mass is 331 g/mol. The molecule has 0 amide bonds. The smallest absolute Gasteiger partial charge is 0.349 e. The summed E-state index contributed by atoms with van der Waals surface area (Å²) in [4.78, 5) is 12.1. The van der Waals surface area contributed by atoms with E-state index in [0.29, 0.717) is 18.0 Å². The maximum absolute atomic E-state index is 13.0. The molecule has 1 saturated heterocycles. The third-order valence-corrected chi connectivity index (χ3v) is 7.55. The summed E-state index contributed by atoms with van der Waals surface area (Å²) >= 11 is 1.12. The molecule has 0 saturated carbocycles. The van der Waals surface area contributed by atoms with Crippen LogP contribution in [0.25, 0.3) is 0 Å². The van der Waals surface area contributed by atoms with Gasteiger partial charge in [-0.2, -0.15) is 4.31 Å². The minimum atomic E-state index is -3.67. The van der Waals surface area contributed by atoms with Crippen LogP contribution in [0.3, 0.4) is 0 Å². The van der Waals surface area contributed by atoms with Gasteiger partial charge in [-0.25, -0.2) is 13.2 Å². The Bertz CT molecular complexity index is 635. The minimum absolute atomic E-state index is 0.0615. The predicted molar refractivity (Wildman–Crippen MR) is 82.1 cm³/mol. The van der Waals surface area contributed by atoms with Gasteiger partial charge in [0.15, 0.2) is 0 Å². The first kappa shape index (κ1) is 16.5. The maximum Gasteiger partial charge on any atom is 0.349 e. The molecular weight excluding hydrogens is 310 g/mol. The van der Waals surface area contributed by atoms with E-state index >= 15 is 0 Å². The van der Waals surface area contributed by atoms with Crippen LogP contribution in [-0.2, 0) is 14.8 Å². The van der Waals surface area contributed by atoms with E-state index in [2.05, 4.69) is 6.92 Å². The fourth-order valence-electron chi connectivity index (χ4n) is 2.74. The fourth-order valence-corrected chi connectivity index (χ4v) is 6.17. The van der Waals surface area contributed by atoms with Gasteiger partial charge in [0.05, 0.1) is 7.11 Å². The molecular formula is C14H21NO4S2. The van der Waals surface area contributed by atoms with Gasteiger partial charge in [0.2, 0.25) is 10.0 Å². The summed E-state index contributed by atoms with van der Waals surface area (Å²) in [5, 5.41) is 1.69. The van der Waals surface area contributed by atoms with Gasteiger partial charge in [0, 0.05) is 12.6 Å². The Kier molecular flexibility index (Phi) is 4.75. The van der Waals surface area contributed by atoms with E-state index in [1.165, 1.54) is 11.4 Å². The summed E-state index contributed by atoms with van der Waals surface area (Å²) in [5.41, 5.74) is 0.603. The van der Waals surface area contributed by atoms with Crippen LogP contribution in [0.15, 0.2) is 10.3 Å². The van der Waals surface area contributed by atoms with Gasteiger partial charge in [0.1, 0.15) is 9.77 Å². The molecule has 1 aromatic rings. The number of hydrogen-bond donors (Lipinski definition) is 0. The Morgan fingerprint density at radius 1 is 1.43 bits per heavy atom. The Balaban J connectivity index is 2.49. The van der Waals surface area contributed by atoms with Crippen LogP contribution in [0, 0.1) is 12.8 Å². The second-order valence-corrected chi connectivity index (χ2v) is 8.25. The fraction of sp³-hybridized carbons (Fsp3) is 0.643. The molecule has 1 aliphatic rings. The molecule has 5 nitrogen and oxygen atoms in total. The number of carbonyl (C=O) groups is 1. The van der Waals surface area contributed by atoms with E-state index in [4.69, 9.17) is 4.74 Å². The van der Waals surface area contributed by atoms with Crippen molar-refractivity contribution >= 4 is 27.3 Å². The second kappa shape index (κ2) is 6.06. The van der Waals surface area contributed by atoms with Crippen molar-refractivity contribution in [2.45, 2.75) is 44.6 Å². The van der Waals surface area contributed by atoms with Crippen LogP contribution in [0.1, 0.15) is 41.9 Å². The summed E-state index contributed by atoms with van der Waals surface area (Å²) in [6, 6.07) is -0.0615. The van der Waals surface area contributed by atoms with Crippen LogP contribution in [0.5, 0.6) is 0 Å². The van der Waals surface area contributed by atoms with E-state index in [0.717, 1.165) is 24.2 Å². The lowest BCUT2D eigenvalue weighted by Gasteiger charge is -2.36. The van der Waals surface area contributed by atoms with E-state index < -0.39 is 16.0 Å². The highest BCUT2D eigenvalue weighted by Gasteiger charge is 2.38. The topological polar surface area (TPSA) is 63.7 Å². The zero-order chi connectivity index (χ0) is 15.8. The van der Waals surface area contributed by atoms with Gasteiger partial charge in [-0.1, -0.05) is 6.92 Å². The lowest BCUT2D eigenvalue weighted by Crippen LogP contribution is -2.46. The molecule has 7 heteroatoms. The van der Waals surface area contributed by atoms with Crippen LogP contribution < -0.4 is 0 Å².